The van der Waals surface area contributed by atoms with Gasteiger partial charge in [-0.15, -0.1) is 0 Å². The molecule has 5 N–H and O–H groups in total. The predicted molar refractivity (Wildman–Crippen MR) is 153 cm³/mol. The van der Waals surface area contributed by atoms with Crippen molar-refractivity contribution in [2.75, 3.05) is 7.05 Å². The van der Waals surface area contributed by atoms with Crippen LogP contribution >= 0.6 is 0 Å². The summed E-state index contributed by atoms with van der Waals surface area (Å²) in [5.74, 6) is 0.805. The number of aliphatic hydroxyl groups is 4. The van der Waals surface area contributed by atoms with Gasteiger partial charge in [0.15, 0.2) is 6.29 Å². The van der Waals surface area contributed by atoms with Crippen LogP contribution in [0.4, 0.5) is 0 Å². The van der Waals surface area contributed by atoms with Gasteiger partial charge in [0.25, 0.3) is 5.91 Å². The maximum atomic E-state index is 12.6. The van der Waals surface area contributed by atoms with Crippen molar-refractivity contribution in [3.63, 3.8) is 0 Å². The highest BCUT2D eigenvalue weighted by molar-refractivity contribution is 5.93. The number of ether oxygens (including phenoxy) is 2. The van der Waals surface area contributed by atoms with Gasteiger partial charge in [0.1, 0.15) is 18.3 Å². The molecule has 5 aliphatic rings. The van der Waals surface area contributed by atoms with E-state index >= 15 is 0 Å². The Morgan fingerprint density at radius 3 is 2.39 bits per heavy atom. The van der Waals surface area contributed by atoms with Gasteiger partial charge in [-0.05, 0) is 99.2 Å². The summed E-state index contributed by atoms with van der Waals surface area (Å²) in [6.07, 6.45) is 3.98. The SMILES string of the molecule is CNC(=O)c1ccc([C@H]2CC[C@]3(O)[C@@H]4CCC5=C[C@@H](O[C@@H]6O[C@@H](C)[C@H](O)[C@@H](O)[C@H]6O)CC[C@]5(C)[C@H]4CC[C@]23C)cc1. The summed E-state index contributed by atoms with van der Waals surface area (Å²) >= 11 is 0. The molecule has 8 nitrogen and oxygen atoms in total. The largest absolute Gasteiger partial charge is 0.389 e. The molecule has 1 saturated heterocycles. The molecule has 4 aliphatic carbocycles. The summed E-state index contributed by atoms with van der Waals surface area (Å²) in [4.78, 5) is 12.1. The van der Waals surface area contributed by atoms with Crippen LogP contribution in [0.3, 0.4) is 0 Å². The van der Waals surface area contributed by atoms with Crippen molar-refractivity contribution in [3.05, 3.63) is 47.0 Å². The highest BCUT2D eigenvalue weighted by atomic mass is 16.7. The number of fused-ring (bicyclic) bond motifs is 5. The Bertz CT molecular complexity index is 1190. The molecule has 226 valence electrons. The minimum Gasteiger partial charge on any atom is -0.389 e. The molecule has 4 fully saturated rings. The van der Waals surface area contributed by atoms with Crippen LogP contribution in [-0.4, -0.2) is 75.8 Å². The average molecular weight is 570 g/mol. The van der Waals surface area contributed by atoms with Crippen molar-refractivity contribution >= 4 is 5.91 Å². The minimum absolute atomic E-state index is 0.0118. The summed E-state index contributed by atoms with van der Waals surface area (Å²) in [6.45, 7) is 6.34. The van der Waals surface area contributed by atoms with Gasteiger partial charge in [0, 0.05) is 18.0 Å². The van der Waals surface area contributed by atoms with E-state index in [9.17, 15) is 25.2 Å². The van der Waals surface area contributed by atoms with E-state index in [1.54, 1.807) is 14.0 Å². The molecule has 0 unspecified atom stereocenters. The third-order valence-electron chi connectivity index (χ3n) is 12.2. The molecule has 0 spiro atoms. The maximum absolute atomic E-state index is 12.6. The second-order valence-electron chi connectivity index (χ2n) is 13.9. The zero-order chi connectivity index (χ0) is 29.3. The Balaban J connectivity index is 1.19. The van der Waals surface area contributed by atoms with Crippen molar-refractivity contribution in [2.24, 2.45) is 22.7 Å². The number of aliphatic hydroxyl groups excluding tert-OH is 3. The number of carbonyl (C=O) groups is 1. The van der Waals surface area contributed by atoms with Crippen LogP contribution in [0.5, 0.6) is 0 Å². The lowest BCUT2D eigenvalue weighted by atomic mass is 9.45. The van der Waals surface area contributed by atoms with Crippen LogP contribution in [0.1, 0.15) is 94.0 Å². The summed E-state index contributed by atoms with van der Waals surface area (Å²) in [5, 5.41) is 45.9. The van der Waals surface area contributed by atoms with Crippen LogP contribution in [0.15, 0.2) is 35.9 Å². The first-order valence-corrected chi connectivity index (χ1v) is 15.5. The molecular weight excluding hydrogens is 522 g/mol. The molecule has 8 heteroatoms. The van der Waals surface area contributed by atoms with Gasteiger partial charge in [0.2, 0.25) is 0 Å². The average Bonchev–Trinajstić information content (AvgIpc) is 3.25. The lowest BCUT2D eigenvalue weighted by molar-refractivity contribution is -0.301. The molecule has 0 bridgehead atoms. The number of hydrogen-bond acceptors (Lipinski definition) is 7. The van der Waals surface area contributed by atoms with E-state index in [1.807, 2.05) is 12.1 Å². The number of benzene rings is 1. The lowest BCUT2D eigenvalue weighted by Gasteiger charge is -2.62. The second kappa shape index (κ2) is 10.4. The molecule has 3 saturated carbocycles. The Labute approximate surface area is 243 Å². The molecule has 6 rings (SSSR count). The van der Waals surface area contributed by atoms with Crippen molar-refractivity contribution in [1.82, 2.24) is 5.32 Å². The Kier molecular flexibility index (Phi) is 7.44. The van der Waals surface area contributed by atoms with Gasteiger partial charge in [-0.25, -0.2) is 0 Å². The van der Waals surface area contributed by atoms with Gasteiger partial charge in [-0.2, -0.15) is 0 Å². The normalized spacial score (nSPS) is 47.5. The molecule has 1 amide bonds. The van der Waals surface area contributed by atoms with Crippen molar-refractivity contribution < 1.29 is 34.7 Å². The fourth-order valence-electron chi connectivity index (χ4n) is 9.62. The number of amides is 1. The van der Waals surface area contributed by atoms with Gasteiger partial charge in [-0.3, -0.25) is 4.79 Å². The van der Waals surface area contributed by atoms with Crippen LogP contribution in [0, 0.1) is 22.7 Å². The summed E-state index contributed by atoms with van der Waals surface area (Å²) in [6, 6.07) is 7.97. The molecule has 0 aromatic heterocycles. The smallest absolute Gasteiger partial charge is 0.251 e. The van der Waals surface area contributed by atoms with E-state index in [1.165, 1.54) is 11.1 Å². The molecular formula is C33H47NO7. The van der Waals surface area contributed by atoms with Crippen LogP contribution in [-0.2, 0) is 9.47 Å². The van der Waals surface area contributed by atoms with E-state index in [-0.39, 0.29) is 34.7 Å². The van der Waals surface area contributed by atoms with Crippen LogP contribution in [0.2, 0.25) is 0 Å². The maximum Gasteiger partial charge on any atom is 0.251 e. The first-order valence-electron chi connectivity index (χ1n) is 15.5. The molecule has 41 heavy (non-hydrogen) atoms. The third kappa shape index (κ3) is 4.44. The quantitative estimate of drug-likeness (QED) is 0.352. The minimum atomic E-state index is -1.30. The standard InChI is InChI=1S/C33H47NO7/c1-18-26(35)27(36)28(37)30(40-18)41-22-11-14-31(2)21(17-22)9-10-25-24(31)12-15-32(3)23(13-16-33(25,32)39)19-5-7-20(8-6-19)29(38)34-4/h5-8,17-18,22-28,30,35-37,39H,9-16H2,1-4H3,(H,34,38)/t18-,22-,23+,24-,25+,26-,27+,28+,30-,31-,32+,33-/m0/s1. The van der Waals surface area contributed by atoms with Crippen molar-refractivity contribution in [1.29, 1.82) is 0 Å². The van der Waals surface area contributed by atoms with Gasteiger partial charge in [-0.1, -0.05) is 37.6 Å². The molecule has 1 aliphatic heterocycles. The number of allylic oxidation sites excluding steroid dienone is 1. The first-order chi connectivity index (χ1) is 19.4. The molecule has 1 heterocycles. The van der Waals surface area contributed by atoms with Crippen molar-refractivity contribution in [2.45, 2.75) is 120 Å². The number of nitrogens with one attached hydrogen (secondary N) is 1. The van der Waals surface area contributed by atoms with E-state index in [0.29, 0.717) is 11.5 Å². The van der Waals surface area contributed by atoms with E-state index in [4.69, 9.17) is 9.47 Å². The zero-order valence-electron chi connectivity index (χ0n) is 24.8. The predicted octanol–water partition coefficient (Wildman–Crippen LogP) is 3.42. The lowest BCUT2D eigenvalue weighted by Crippen LogP contribution is -2.60. The Morgan fingerprint density at radius 1 is 0.951 bits per heavy atom. The van der Waals surface area contributed by atoms with Gasteiger partial charge >= 0.3 is 0 Å². The second-order valence-corrected chi connectivity index (χ2v) is 13.9. The molecule has 1 aromatic carbocycles. The Hall–Kier alpha value is -1.81. The first kappa shape index (κ1) is 29.3. The number of rotatable bonds is 4. The number of hydrogen-bond donors (Lipinski definition) is 5. The van der Waals surface area contributed by atoms with Gasteiger partial charge in [0.05, 0.1) is 17.8 Å². The molecule has 1 aromatic rings. The van der Waals surface area contributed by atoms with Gasteiger partial charge < -0.3 is 35.2 Å². The highest BCUT2D eigenvalue weighted by Crippen LogP contribution is 2.70. The topological polar surface area (TPSA) is 128 Å². The summed E-state index contributed by atoms with van der Waals surface area (Å²) < 4.78 is 11.9. The fourth-order valence-corrected chi connectivity index (χ4v) is 9.62. The molecule has 0 radical (unpaired) electrons. The zero-order valence-corrected chi connectivity index (χ0v) is 24.8. The summed E-state index contributed by atoms with van der Waals surface area (Å²) in [5.41, 5.74) is 2.30. The van der Waals surface area contributed by atoms with Crippen LogP contribution in [0.25, 0.3) is 0 Å². The molecule has 12 atom stereocenters. The van der Waals surface area contributed by atoms with Crippen LogP contribution < -0.4 is 5.32 Å². The third-order valence-corrected chi connectivity index (χ3v) is 12.2. The summed E-state index contributed by atoms with van der Waals surface area (Å²) in [7, 11) is 1.64. The number of carbonyl (C=O) groups excluding carboxylic acids is 1. The fraction of sp³-hybridized carbons (Fsp3) is 0.727. The van der Waals surface area contributed by atoms with E-state index < -0.39 is 36.3 Å². The van der Waals surface area contributed by atoms with E-state index in [0.717, 1.165) is 51.4 Å². The van der Waals surface area contributed by atoms with E-state index in [2.05, 4.69) is 37.4 Å². The monoisotopic (exact) mass is 569 g/mol. The van der Waals surface area contributed by atoms with Crippen molar-refractivity contribution in [3.8, 4) is 0 Å². The Morgan fingerprint density at radius 2 is 1.68 bits per heavy atom. The highest BCUT2D eigenvalue weighted by Gasteiger charge is 2.66.